The molecule has 1 N–H and O–H groups in total. The average molecular weight is 641 g/mol. The number of halogens is 4. The van der Waals surface area contributed by atoms with E-state index in [4.69, 9.17) is 9.47 Å². The van der Waals surface area contributed by atoms with Crippen LogP contribution >= 0.6 is 23.7 Å². The van der Waals surface area contributed by atoms with Crippen LogP contribution in [0.1, 0.15) is 47.3 Å². The predicted molar refractivity (Wildman–Crippen MR) is 155 cm³/mol. The number of amides is 2. The largest absolute Gasteiger partial charge is 0.462 e. The minimum absolute atomic E-state index is 0. The molecule has 14 heteroatoms. The van der Waals surface area contributed by atoms with Crippen LogP contribution in [-0.2, 0) is 38.3 Å². The number of aromatic nitrogens is 2. The number of thiophene rings is 1. The van der Waals surface area contributed by atoms with Gasteiger partial charge in [-0.05, 0) is 31.4 Å². The number of nitrogens with zero attached hydrogens (tertiary/aromatic N) is 3. The number of likely N-dealkylation sites (tertiary alicyclic amines) is 1. The van der Waals surface area contributed by atoms with Gasteiger partial charge in [-0.15, -0.1) is 23.7 Å². The molecule has 232 valence electrons. The van der Waals surface area contributed by atoms with Crippen LogP contribution in [0.25, 0.3) is 21.5 Å². The van der Waals surface area contributed by atoms with Crippen LogP contribution in [0.15, 0.2) is 18.3 Å². The zero-order valence-electron chi connectivity index (χ0n) is 24.0. The van der Waals surface area contributed by atoms with Crippen LogP contribution < -0.4 is 5.32 Å². The molecule has 2 amide bonds. The number of morpholine rings is 1. The van der Waals surface area contributed by atoms with Crippen molar-refractivity contribution in [3.8, 4) is 11.3 Å². The third kappa shape index (κ3) is 5.13. The smallest absolute Gasteiger partial charge is 0.418 e. The Kier molecular flexibility index (Phi) is 8.16. The summed E-state index contributed by atoms with van der Waals surface area (Å²) in [6.07, 6.45) is -3.76. The summed E-state index contributed by atoms with van der Waals surface area (Å²) in [5.41, 5.74) is -1.11. The molecule has 3 fully saturated rings. The van der Waals surface area contributed by atoms with Gasteiger partial charge in [-0.2, -0.15) is 13.2 Å². The number of rotatable bonds is 7. The van der Waals surface area contributed by atoms with Crippen molar-refractivity contribution in [1.29, 1.82) is 0 Å². The Labute approximate surface area is 256 Å². The van der Waals surface area contributed by atoms with Gasteiger partial charge in [0.25, 0.3) is 0 Å². The summed E-state index contributed by atoms with van der Waals surface area (Å²) >= 11 is 1.24. The molecule has 1 aliphatic carbocycles. The molecule has 2 saturated heterocycles. The Balaban J connectivity index is 0.00000368. The van der Waals surface area contributed by atoms with E-state index in [-0.39, 0.29) is 72.6 Å². The molecule has 43 heavy (non-hydrogen) atoms. The molecule has 0 bridgehead atoms. The Morgan fingerprint density at radius 1 is 1.26 bits per heavy atom. The molecular formula is C29H32ClF3N4O5S. The van der Waals surface area contributed by atoms with Crippen molar-refractivity contribution < 1.29 is 37.0 Å². The molecule has 3 unspecified atom stereocenters. The van der Waals surface area contributed by atoms with Crippen molar-refractivity contribution in [2.24, 2.45) is 17.3 Å². The van der Waals surface area contributed by atoms with E-state index in [1.54, 1.807) is 19.1 Å². The second-order valence-corrected chi connectivity index (χ2v) is 12.7. The van der Waals surface area contributed by atoms with E-state index in [1.807, 2.05) is 13.8 Å². The number of hydrogen-bond acceptors (Lipinski definition) is 8. The van der Waals surface area contributed by atoms with Gasteiger partial charge in [-0.3, -0.25) is 19.5 Å². The fourth-order valence-corrected chi connectivity index (χ4v) is 7.62. The molecule has 2 aliphatic heterocycles. The van der Waals surface area contributed by atoms with Gasteiger partial charge in [0.1, 0.15) is 0 Å². The van der Waals surface area contributed by atoms with Crippen molar-refractivity contribution in [1.82, 2.24) is 19.8 Å². The van der Waals surface area contributed by atoms with Gasteiger partial charge in [0.15, 0.2) is 0 Å². The molecule has 1 saturated carbocycles. The lowest BCUT2D eigenvalue weighted by Crippen LogP contribution is -2.41. The molecule has 5 heterocycles. The van der Waals surface area contributed by atoms with E-state index >= 15 is 0 Å². The summed E-state index contributed by atoms with van der Waals surface area (Å²) in [6.45, 7) is 8.24. The lowest BCUT2D eigenvalue weighted by molar-refractivity contribution is -0.143. The van der Waals surface area contributed by atoms with Crippen LogP contribution in [0.3, 0.4) is 0 Å². The highest BCUT2D eigenvalue weighted by molar-refractivity contribution is 7.19. The standard InChI is InChI=1S/C29H31F3N4O5S.ClH/c1-5-40-27(39)19-20(29(30,31)32)14(2)35(12-15-11-33-8-9-41-15)23(19)17-6-7-34-18-10-16(42-24(17)18)13-36-25(37)21-22(26(36)38)28(21,3)4;/h6-7,10,15,21-22,33H,5,8-9,11-13H2,1-4H3;1H. The molecule has 3 aromatic heterocycles. The number of nitrogens with one attached hydrogen (secondary N) is 1. The maximum atomic E-state index is 14.6. The maximum absolute atomic E-state index is 14.6. The van der Waals surface area contributed by atoms with Gasteiger partial charge in [0.05, 0.1) is 71.3 Å². The summed E-state index contributed by atoms with van der Waals surface area (Å²) < 4.78 is 56.7. The number of imide groups is 1. The highest BCUT2D eigenvalue weighted by Crippen LogP contribution is 2.63. The molecule has 6 rings (SSSR count). The first-order chi connectivity index (χ1) is 19.9. The van der Waals surface area contributed by atoms with E-state index < -0.39 is 29.4 Å². The van der Waals surface area contributed by atoms with Crippen molar-refractivity contribution in [2.45, 2.75) is 53.1 Å². The molecule has 3 atom stereocenters. The van der Waals surface area contributed by atoms with Crippen LogP contribution in [0.4, 0.5) is 13.2 Å². The van der Waals surface area contributed by atoms with Crippen LogP contribution in [0.2, 0.25) is 0 Å². The first-order valence-electron chi connectivity index (χ1n) is 13.9. The van der Waals surface area contributed by atoms with Gasteiger partial charge < -0.3 is 19.4 Å². The number of ether oxygens (including phenoxy) is 2. The van der Waals surface area contributed by atoms with Gasteiger partial charge in [0, 0.05) is 35.4 Å². The minimum atomic E-state index is -4.82. The maximum Gasteiger partial charge on any atom is 0.418 e. The first-order valence-corrected chi connectivity index (χ1v) is 14.7. The van der Waals surface area contributed by atoms with Crippen molar-refractivity contribution in [3.05, 3.63) is 40.0 Å². The van der Waals surface area contributed by atoms with Gasteiger partial charge in [-0.25, -0.2) is 4.79 Å². The lowest BCUT2D eigenvalue weighted by atomic mass is 10.0. The Bertz CT molecular complexity index is 1590. The number of fused-ring (bicyclic) bond motifs is 2. The van der Waals surface area contributed by atoms with Crippen LogP contribution in [0, 0.1) is 24.2 Å². The summed E-state index contributed by atoms with van der Waals surface area (Å²) in [5.74, 6) is -2.11. The molecular weight excluding hydrogens is 609 g/mol. The van der Waals surface area contributed by atoms with Crippen LogP contribution in [0.5, 0.6) is 0 Å². The summed E-state index contributed by atoms with van der Waals surface area (Å²) in [5, 5.41) is 3.19. The number of carbonyl (C=O) groups excluding carboxylic acids is 3. The normalized spacial score (nSPS) is 23.0. The van der Waals surface area contributed by atoms with E-state index in [9.17, 15) is 27.6 Å². The number of carbonyl (C=O) groups is 3. The first kappa shape index (κ1) is 31.4. The third-order valence-electron chi connectivity index (χ3n) is 8.60. The van der Waals surface area contributed by atoms with E-state index in [1.165, 1.54) is 33.9 Å². The van der Waals surface area contributed by atoms with E-state index in [0.717, 1.165) is 0 Å². The second kappa shape index (κ2) is 11.2. The predicted octanol–water partition coefficient (Wildman–Crippen LogP) is 4.82. The minimum Gasteiger partial charge on any atom is -0.462 e. The molecule has 3 aromatic rings. The summed E-state index contributed by atoms with van der Waals surface area (Å²) in [7, 11) is 0. The van der Waals surface area contributed by atoms with Gasteiger partial charge in [-0.1, -0.05) is 13.8 Å². The van der Waals surface area contributed by atoms with Crippen molar-refractivity contribution in [2.75, 3.05) is 26.3 Å². The van der Waals surface area contributed by atoms with Crippen molar-refractivity contribution in [3.63, 3.8) is 0 Å². The molecule has 0 spiro atoms. The quantitative estimate of drug-likeness (QED) is 0.292. The molecule has 0 aromatic carbocycles. The van der Waals surface area contributed by atoms with Crippen LogP contribution in [-0.4, -0.2) is 64.6 Å². The highest BCUT2D eigenvalue weighted by atomic mass is 35.5. The third-order valence-corrected chi connectivity index (χ3v) is 9.74. The summed E-state index contributed by atoms with van der Waals surface area (Å²) in [4.78, 5) is 45.5. The monoisotopic (exact) mass is 640 g/mol. The van der Waals surface area contributed by atoms with E-state index in [2.05, 4.69) is 10.3 Å². The Morgan fingerprint density at radius 2 is 1.95 bits per heavy atom. The Morgan fingerprint density at radius 3 is 2.56 bits per heavy atom. The van der Waals surface area contributed by atoms with Gasteiger partial charge >= 0.3 is 12.1 Å². The number of hydrogen-bond donors (Lipinski definition) is 1. The number of pyridine rings is 1. The van der Waals surface area contributed by atoms with Gasteiger partial charge in [0.2, 0.25) is 11.8 Å². The average Bonchev–Trinajstić information content (AvgIpc) is 3.20. The Hall–Kier alpha value is -3.00. The highest BCUT2D eigenvalue weighted by Gasteiger charge is 2.72. The second-order valence-electron chi connectivity index (χ2n) is 11.5. The van der Waals surface area contributed by atoms with E-state index in [0.29, 0.717) is 40.4 Å². The molecule has 3 aliphatic rings. The summed E-state index contributed by atoms with van der Waals surface area (Å²) in [6, 6.07) is 3.32. The molecule has 9 nitrogen and oxygen atoms in total. The SMILES string of the molecule is CCOC(=O)c1c(C(F)(F)F)c(C)n(CC2CNCCO2)c1-c1ccnc2cc(CN3C(=O)C4C(C3=O)C4(C)C)sc12.Cl. The topological polar surface area (TPSA) is 103 Å². The zero-order chi connectivity index (χ0) is 30.1. The fraction of sp³-hybridized carbons (Fsp3) is 0.517. The lowest BCUT2D eigenvalue weighted by Gasteiger charge is -2.26. The van der Waals surface area contributed by atoms with Crippen molar-refractivity contribution >= 4 is 51.7 Å². The fourth-order valence-electron chi connectivity index (χ4n) is 6.50. The number of esters is 1. The molecule has 0 radical (unpaired) electrons. The number of piperidine rings is 1. The number of alkyl halides is 3. The zero-order valence-corrected chi connectivity index (χ0v) is 25.7.